The fourth-order valence-corrected chi connectivity index (χ4v) is 2.14. The zero-order chi connectivity index (χ0) is 12.3. The summed E-state index contributed by atoms with van der Waals surface area (Å²) in [5.74, 6) is 0.101. The number of amides is 1. The molecule has 88 valence electrons. The molecule has 0 heterocycles. The predicted molar refractivity (Wildman–Crippen MR) is 70.9 cm³/mol. The van der Waals surface area contributed by atoms with Gasteiger partial charge in [-0.1, -0.05) is 49.4 Å². The van der Waals surface area contributed by atoms with Crippen molar-refractivity contribution in [2.75, 3.05) is 7.05 Å². The highest BCUT2D eigenvalue weighted by molar-refractivity contribution is 5.86. The molecule has 0 aliphatic heterocycles. The number of hydrogen-bond donors (Lipinski definition) is 1. The Bertz CT molecular complexity index is 528. The lowest BCUT2D eigenvalue weighted by molar-refractivity contribution is -0.123. The monoisotopic (exact) mass is 227 g/mol. The van der Waals surface area contributed by atoms with Gasteiger partial charge in [-0.25, -0.2) is 0 Å². The van der Waals surface area contributed by atoms with Crippen LogP contribution in [0.25, 0.3) is 10.8 Å². The van der Waals surface area contributed by atoms with Crippen molar-refractivity contribution in [2.24, 2.45) is 5.92 Å². The third kappa shape index (κ3) is 2.47. The number of carbonyl (C=O) groups is 1. The average molecular weight is 227 g/mol. The van der Waals surface area contributed by atoms with Gasteiger partial charge in [0.1, 0.15) is 0 Å². The minimum atomic E-state index is 0.00538. The molecule has 0 bridgehead atoms. The van der Waals surface area contributed by atoms with Crippen molar-refractivity contribution < 1.29 is 4.79 Å². The predicted octanol–water partition coefficient (Wildman–Crippen LogP) is 2.76. The Morgan fingerprint density at radius 3 is 2.65 bits per heavy atom. The highest BCUT2D eigenvalue weighted by Crippen LogP contribution is 2.21. The number of carbonyl (C=O) groups excluding carboxylic acids is 1. The Labute approximate surface area is 102 Å². The fraction of sp³-hybridized carbons (Fsp3) is 0.267. The van der Waals surface area contributed by atoms with Gasteiger partial charge in [-0.2, -0.15) is 0 Å². The van der Waals surface area contributed by atoms with Crippen molar-refractivity contribution in [3.63, 3.8) is 0 Å². The first kappa shape index (κ1) is 11.6. The van der Waals surface area contributed by atoms with E-state index in [4.69, 9.17) is 0 Å². The van der Waals surface area contributed by atoms with Crippen molar-refractivity contribution >= 4 is 16.7 Å². The summed E-state index contributed by atoms with van der Waals surface area (Å²) in [5.41, 5.74) is 1.24. The summed E-state index contributed by atoms with van der Waals surface area (Å²) in [5, 5.41) is 5.17. The first-order chi connectivity index (χ1) is 8.22. The SMILES string of the molecule is CNC(=O)[C@H](C)Cc1cccc2ccccc12. The van der Waals surface area contributed by atoms with Crippen molar-refractivity contribution in [2.45, 2.75) is 13.3 Å². The topological polar surface area (TPSA) is 29.1 Å². The molecule has 17 heavy (non-hydrogen) atoms. The Hall–Kier alpha value is -1.83. The van der Waals surface area contributed by atoms with E-state index in [0.717, 1.165) is 6.42 Å². The lowest BCUT2D eigenvalue weighted by Crippen LogP contribution is -2.26. The van der Waals surface area contributed by atoms with E-state index in [1.807, 2.05) is 25.1 Å². The van der Waals surface area contributed by atoms with Crippen LogP contribution in [-0.2, 0) is 11.2 Å². The van der Waals surface area contributed by atoms with Crippen molar-refractivity contribution in [3.05, 3.63) is 48.0 Å². The van der Waals surface area contributed by atoms with Gasteiger partial charge in [0.05, 0.1) is 0 Å². The van der Waals surface area contributed by atoms with E-state index in [1.54, 1.807) is 7.05 Å². The van der Waals surface area contributed by atoms with E-state index in [9.17, 15) is 4.79 Å². The molecule has 1 amide bonds. The molecule has 2 rings (SSSR count). The molecule has 2 heteroatoms. The van der Waals surface area contributed by atoms with Gasteiger partial charge in [-0.3, -0.25) is 4.79 Å². The summed E-state index contributed by atoms with van der Waals surface area (Å²) in [4.78, 5) is 11.5. The first-order valence-corrected chi connectivity index (χ1v) is 5.90. The molecule has 0 fully saturated rings. The lowest BCUT2D eigenvalue weighted by atomic mass is 9.95. The zero-order valence-corrected chi connectivity index (χ0v) is 10.2. The Morgan fingerprint density at radius 1 is 1.18 bits per heavy atom. The minimum absolute atomic E-state index is 0.00538. The third-order valence-electron chi connectivity index (χ3n) is 3.10. The maximum Gasteiger partial charge on any atom is 0.222 e. The van der Waals surface area contributed by atoms with Crippen LogP contribution in [0.1, 0.15) is 12.5 Å². The van der Waals surface area contributed by atoms with Crippen molar-refractivity contribution in [1.82, 2.24) is 5.32 Å². The molecule has 0 aliphatic rings. The van der Waals surface area contributed by atoms with Gasteiger partial charge in [0.25, 0.3) is 0 Å². The average Bonchev–Trinajstić information content (AvgIpc) is 2.38. The van der Waals surface area contributed by atoms with Gasteiger partial charge >= 0.3 is 0 Å². The zero-order valence-electron chi connectivity index (χ0n) is 10.2. The molecule has 1 N–H and O–H groups in total. The van der Waals surface area contributed by atoms with E-state index in [-0.39, 0.29) is 11.8 Å². The van der Waals surface area contributed by atoms with Gasteiger partial charge in [-0.15, -0.1) is 0 Å². The summed E-state index contributed by atoms with van der Waals surface area (Å²) in [6.07, 6.45) is 0.779. The minimum Gasteiger partial charge on any atom is -0.359 e. The van der Waals surface area contributed by atoms with Crippen LogP contribution in [0.5, 0.6) is 0 Å². The molecule has 2 aromatic rings. The Kier molecular flexibility index (Phi) is 3.43. The highest BCUT2D eigenvalue weighted by Gasteiger charge is 2.12. The Balaban J connectivity index is 2.33. The maximum atomic E-state index is 11.5. The molecular formula is C15H17NO. The molecule has 0 unspecified atom stereocenters. The summed E-state index contributed by atoms with van der Waals surface area (Å²) in [6, 6.07) is 14.5. The van der Waals surface area contributed by atoms with E-state index < -0.39 is 0 Å². The molecular weight excluding hydrogens is 210 g/mol. The first-order valence-electron chi connectivity index (χ1n) is 5.90. The van der Waals surface area contributed by atoms with Crippen LogP contribution >= 0.6 is 0 Å². The van der Waals surface area contributed by atoms with Gasteiger partial charge < -0.3 is 5.32 Å². The molecule has 2 aromatic carbocycles. The maximum absolute atomic E-state index is 11.5. The van der Waals surface area contributed by atoms with E-state index >= 15 is 0 Å². The molecule has 0 radical (unpaired) electrons. The molecule has 0 saturated heterocycles. The molecule has 1 atom stereocenters. The number of nitrogens with one attached hydrogen (secondary N) is 1. The smallest absolute Gasteiger partial charge is 0.222 e. The second-order valence-electron chi connectivity index (χ2n) is 4.36. The molecule has 2 nitrogen and oxygen atoms in total. The van der Waals surface area contributed by atoms with Gasteiger partial charge in [0.2, 0.25) is 5.91 Å². The largest absolute Gasteiger partial charge is 0.359 e. The van der Waals surface area contributed by atoms with E-state index in [2.05, 4.69) is 29.6 Å². The summed E-state index contributed by atoms with van der Waals surface area (Å²) < 4.78 is 0. The Morgan fingerprint density at radius 2 is 1.88 bits per heavy atom. The number of hydrogen-bond acceptors (Lipinski definition) is 1. The van der Waals surface area contributed by atoms with Crippen LogP contribution < -0.4 is 5.32 Å². The van der Waals surface area contributed by atoms with E-state index in [1.165, 1.54) is 16.3 Å². The van der Waals surface area contributed by atoms with Crippen LogP contribution in [0.4, 0.5) is 0 Å². The summed E-state index contributed by atoms with van der Waals surface area (Å²) in [6.45, 7) is 1.96. The van der Waals surface area contributed by atoms with Gasteiger partial charge in [0.15, 0.2) is 0 Å². The van der Waals surface area contributed by atoms with Crippen LogP contribution in [0.3, 0.4) is 0 Å². The number of rotatable bonds is 3. The van der Waals surface area contributed by atoms with Crippen molar-refractivity contribution in [1.29, 1.82) is 0 Å². The fourth-order valence-electron chi connectivity index (χ4n) is 2.14. The number of benzene rings is 2. The molecule has 0 spiro atoms. The number of fused-ring (bicyclic) bond motifs is 1. The van der Waals surface area contributed by atoms with Crippen LogP contribution in [0.15, 0.2) is 42.5 Å². The molecule has 0 aromatic heterocycles. The quantitative estimate of drug-likeness (QED) is 0.858. The van der Waals surface area contributed by atoms with Crippen LogP contribution in [0.2, 0.25) is 0 Å². The van der Waals surface area contributed by atoms with Crippen LogP contribution in [0, 0.1) is 5.92 Å². The van der Waals surface area contributed by atoms with E-state index in [0.29, 0.717) is 0 Å². The second kappa shape index (κ2) is 5.00. The second-order valence-corrected chi connectivity index (χ2v) is 4.36. The molecule has 0 saturated carbocycles. The van der Waals surface area contributed by atoms with Gasteiger partial charge in [0, 0.05) is 13.0 Å². The van der Waals surface area contributed by atoms with Crippen LogP contribution in [-0.4, -0.2) is 13.0 Å². The normalized spacial score (nSPS) is 12.4. The summed E-state index contributed by atoms with van der Waals surface area (Å²) >= 11 is 0. The standard InChI is InChI=1S/C15H17NO/c1-11(15(17)16-2)10-13-8-5-7-12-6-3-4-9-14(12)13/h3-9,11H,10H2,1-2H3,(H,16,17)/t11-/m1/s1. The highest BCUT2D eigenvalue weighted by atomic mass is 16.1. The lowest BCUT2D eigenvalue weighted by Gasteiger charge is -2.11. The molecule has 0 aliphatic carbocycles. The van der Waals surface area contributed by atoms with Crippen molar-refractivity contribution in [3.8, 4) is 0 Å². The van der Waals surface area contributed by atoms with Gasteiger partial charge in [-0.05, 0) is 22.8 Å². The third-order valence-corrected chi connectivity index (χ3v) is 3.10. The summed E-state index contributed by atoms with van der Waals surface area (Å²) in [7, 11) is 1.68.